The van der Waals surface area contributed by atoms with E-state index in [1.165, 1.54) is 33.0 Å². The van der Waals surface area contributed by atoms with Gasteiger partial charge in [-0.05, 0) is 75.0 Å². The number of phenolic OH excluding ortho intramolecular Hbond substituents is 1. The van der Waals surface area contributed by atoms with Crippen molar-refractivity contribution >= 4 is 11.8 Å². The molecule has 2 saturated carbocycles. The Kier molecular flexibility index (Phi) is 6.55. The minimum Gasteiger partial charge on any atom is -0.507 e. The number of para-hydroxylation sites is 1. The Morgan fingerprint density at radius 3 is 2.47 bits per heavy atom. The number of rotatable bonds is 5. The van der Waals surface area contributed by atoms with Crippen LogP contribution in [0.1, 0.15) is 57.4 Å². The zero-order valence-electron chi connectivity index (χ0n) is 21.9. The van der Waals surface area contributed by atoms with E-state index in [1.54, 1.807) is 12.1 Å². The molecular weight excluding hydrogens is 480 g/mol. The predicted octanol–water partition coefficient (Wildman–Crippen LogP) is 4.44. The molecule has 3 fully saturated rings. The fraction of sp³-hybridized carbons (Fsp3) is 0.517. The summed E-state index contributed by atoms with van der Waals surface area (Å²) in [5.41, 5.74) is 9.51. The molecule has 1 saturated heterocycles. The highest BCUT2D eigenvalue weighted by Gasteiger charge is 2.48. The van der Waals surface area contributed by atoms with Gasteiger partial charge >= 0.3 is 5.97 Å². The van der Waals surface area contributed by atoms with Crippen molar-refractivity contribution in [2.24, 2.45) is 11.3 Å². The van der Waals surface area contributed by atoms with Crippen LogP contribution in [-0.2, 0) is 9.53 Å². The van der Waals surface area contributed by atoms with Gasteiger partial charge in [-0.25, -0.2) is 0 Å². The van der Waals surface area contributed by atoms with Crippen molar-refractivity contribution in [2.75, 3.05) is 25.9 Å². The number of benzene rings is 1. The summed E-state index contributed by atoms with van der Waals surface area (Å²) in [5.74, 6) is 0.563. The van der Waals surface area contributed by atoms with E-state index in [9.17, 15) is 9.90 Å². The van der Waals surface area contributed by atoms with E-state index in [4.69, 9.17) is 15.6 Å². The van der Waals surface area contributed by atoms with Gasteiger partial charge < -0.3 is 15.6 Å². The number of nitrogens with zero attached hydrogens (tertiary/aromatic N) is 5. The van der Waals surface area contributed by atoms with Crippen molar-refractivity contribution < 1.29 is 14.6 Å². The maximum absolute atomic E-state index is 11.8. The Morgan fingerprint density at radius 2 is 1.76 bits per heavy atom. The number of ether oxygens (including phenoxy) is 1. The van der Waals surface area contributed by atoms with Crippen LogP contribution in [0.25, 0.3) is 22.4 Å². The van der Waals surface area contributed by atoms with Gasteiger partial charge in [-0.2, -0.15) is 5.10 Å². The third kappa shape index (κ3) is 4.64. The lowest BCUT2D eigenvalue weighted by Gasteiger charge is -2.57. The molecule has 0 amide bonds. The topological polar surface area (TPSA) is 119 Å². The predicted molar refractivity (Wildman–Crippen MR) is 144 cm³/mol. The Labute approximate surface area is 223 Å². The summed E-state index contributed by atoms with van der Waals surface area (Å²) >= 11 is 0. The molecule has 200 valence electrons. The van der Waals surface area contributed by atoms with Gasteiger partial charge in [-0.15, -0.1) is 10.2 Å². The zero-order valence-corrected chi connectivity index (χ0v) is 21.9. The molecule has 9 nitrogen and oxygen atoms in total. The van der Waals surface area contributed by atoms with Crippen molar-refractivity contribution in [1.29, 1.82) is 0 Å². The number of hydrogen-bond donors (Lipinski definition) is 2. The van der Waals surface area contributed by atoms with Crippen molar-refractivity contribution in [3.05, 3.63) is 42.7 Å². The fourth-order valence-electron chi connectivity index (χ4n) is 6.84. The second kappa shape index (κ2) is 10.0. The van der Waals surface area contributed by atoms with Gasteiger partial charge in [0.2, 0.25) is 0 Å². The van der Waals surface area contributed by atoms with E-state index in [2.05, 4.69) is 26.0 Å². The number of hydrogen-bond acceptors (Lipinski definition) is 8. The van der Waals surface area contributed by atoms with Crippen LogP contribution in [0.2, 0.25) is 0 Å². The number of nitrogens with two attached hydrogens (primary N) is 1. The maximum Gasteiger partial charge on any atom is 0.308 e. The molecule has 3 N–H and O–H groups in total. The summed E-state index contributed by atoms with van der Waals surface area (Å²) in [7, 11) is 1.49. The number of nitrogen functional groups attached to an aromatic ring is 1. The van der Waals surface area contributed by atoms with Crippen LogP contribution in [-0.4, -0.2) is 62.2 Å². The molecule has 1 aliphatic heterocycles. The molecule has 2 aromatic heterocycles. The van der Waals surface area contributed by atoms with Crippen LogP contribution in [0.4, 0.5) is 5.82 Å². The van der Waals surface area contributed by atoms with E-state index in [0.29, 0.717) is 34.6 Å². The molecule has 3 aromatic rings. The number of carbonyl (C=O) groups excluding carboxylic acids is 1. The SMILES string of the molecule is COC(=O)C1CCC(N2CC3(CCC(n4cc(-c5cc(-c6ccccc6O)nnc5N)cn4)CC3)C2)CC1. The lowest BCUT2D eigenvalue weighted by atomic mass is 9.66. The van der Waals surface area contributed by atoms with Crippen LogP contribution in [0.5, 0.6) is 5.75 Å². The van der Waals surface area contributed by atoms with Crippen LogP contribution >= 0.6 is 0 Å². The summed E-state index contributed by atoms with van der Waals surface area (Å²) in [6.07, 6.45) is 12.7. The van der Waals surface area contributed by atoms with Crippen LogP contribution < -0.4 is 5.73 Å². The summed E-state index contributed by atoms with van der Waals surface area (Å²) in [5, 5.41) is 23.3. The molecule has 6 rings (SSSR count). The molecular formula is C29H36N6O3. The van der Waals surface area contributed by atoms with E-state index < -0.39 is 0 Å². The molecule has 0 bridgehead atoms. The van der Waals surface area contributed by atoms with E-state index in [1.807, 2.05) is 24.4 Å². The first-order valence-corrected chi connectivity index (χ1v) is 13.7. The van der Waals surface area contributed by atoms with E-state index >= 15 is 0 Å². The fourth-order valence-corrected chi connectivity index (χ4v) is 6.84. The quantitative estimate of drug-likeness (QED) is 0.478. The second-order valence-corrected chi connectivity index (χ2v) is 11.4. The third-order valence-corrected chi connectivity index (χ3v) is 9.13. The van der Waals surface area contributed by atoms with Crippen molar-refractivity contribution in [3.63, 3.8) is 0 Å². The summed E-state index contributed by atoms with van der Waals surface area (Å²) < 4.78 is 7.03. The number of aromatic hydroxyl groups is 1. The summed E-state index contributed by atoms with van der Waals surface area (Å²) in [6.45, 7) is 2.37. The van der Waals surface area contributed by atoms with Crippen LogP contribution in [0.3, 0.4) is 0 Å². The first-order valence-electron chi connectivity index (χ1n) is 13.7. The summed E-state index contributed by atoms with van der Waals surface area (Å²) in [4.78, 5) is 14.5. The van der Waals surface area contributed by atoms with Crippen LogP contribution in [0, 0.1) is 11.3 Å². The highest BCUT2D eigenvalue weighted by molar-refractivity contribution is 5.78. The van der Waals surface area contributed by atoms with E-state index in [-0.39, 0.29) is 17.6 Å². The Bertz CT molecular complexity index is 1300. The monoisotopic (exact) mass is 516 g/mol. The molecule has 0 radical (unpaired) electrons. The maximum atomic E-state index is 11.8. The lowest BCUT2D eigenvalue weighted by Crippen LogP contribution is -2.61. The minimum absolute atomic E-state index is 0.0394. The molecule has 3 aliphatic rings. The highest BCUT2D eigenvalue weighted by atomic mass is 16.5. The largest absolute Gasteiger partial charge is 0.507 e. The molecule has 3 heterocycles. The van der Waals surface area contributed by atoms with Gasteiger partial charge in [0.05, 0.1) is 31.0 Å². The molecule has 2 aliphatic carbocycles. The Balaban J connectivity index is 1.06. The average molecular weight is 517 g/mol. The Hall–Kier alpha value is -3.46. The zero-order chi connectivity index (χ0) is 26.3. The van der Waals surface area contributed by atoms with Crippen molar-refractivity contribution in [2.45, 2.75) is 63.5 Å². The Morgan fingerprint density at radius 1 is 1.03 bits per heavy atom. The number of esters is 1. The van der Waals surface area contributed by atoms with Gasteiger partial charge in [0, 0.05) is 42.0 Å². The smallest absolute Gasteiger partial charge is 0.308 e. The minimum atomic E-state index is -0.0394. The first-order chi connectivity index (χ1) is 18.4. The molecule has 1 aromatic carbocycles. The van der Waals surface area contributed by atoms with Gasteiger partial charge in [-0.3, -0.25) is 14.4 Å². The average Bonchev–Trinajstić information content (AvgIpc) is 3.42. The number of anilines is 1. The molecule has 0 unspecified atom stereocenters. The first kappa shape index (κ1) is 24.9. The highest BCUT2D eigenvalue weighted by Crippen LogP contribution is 2.49. The van der Waals surface area contributed by atoms with Gasteiger partial charge in [0.1, 0.15) is 5.75 Å². The number of carbonyl (C=O) groups is 1. The number of aromatic nitrogens is 4. The van der Waals surface area contributed by atoms with Crippen molar-refractivity contribution in [1.82, 2.24) is 24.9 Å². The third-order valence-electron chi connectivity index (χ3n) is 9.13. The van der Waals surface area contributed by atoms with E-state index in [0.717, 1.165) is 49.7 Å². The summed E-state index contributed by atoms with van der Waals surface area (Å²) in [6, 6.07) is 9.96. The lowest BCUT2D eigenvalue weighted by molar-refractivity contribution is -0.147. The van der Waals surface area contributed by atoms with Gasteiger partial charge in [0.15, 0.2) is 5.82 Å². The molecule has 1 spiro atoms. The number of methoxy groups -OCH3 is 1. The molecule has 9 heteroatoms. The normalized spacial score (nSPS) is 23.7. The van der Waals surface area contributed by atoms with Gasteiger partial charge in [-0.1, -0.05) is 12.1 Å². The number of likely N-dealkylation sites (tertiary alicyclic amines) is 1. The number of phenols is 1. The van der Waals surface area contributed by atoms with Crippen molar-refractivity contribution in [3.8, 4) is 28.1 Å². The standard InChI is InChI=1S/C29H36N6O3/c1-38-28(37)19-6-8-21(9-7-19)34-17-29(18-34)12-10-22(11-13-29)35-16-20(15-31-35)24-14-25(32-33-27(24)30)23-4-2-3-5-26(23)36/h2-5,14-16,19,21-22,36H,6-13,17-18H2,1H3,(H2,30,33). The molecule has 38 heavy (non-hydrogen) atoms. The van der Waals surface area contributed by atoms with Crippen LogP contribution in [0.15, 0.2) is 42.7 Å². The van der Waals surface area contributed by atoms with Gasteiger partial charge in [0.25, 0.3) is 0 Å². The second-order valence-electron chi connectivity index (χ2n) is 11.4. The molecule has 0 atom stereocenters.